The Morgan fingerprint density at radius 2 is 1.58 bits per heavy atom. The third-order valence-corrected chi connectivity index (χ3v) is 11.6. The predicted molar refractivity (Wildman–Crippen MR) is 219 cm³/mol. The maximum absolute atomic E-state index is 13.6. The van der Waals surface area contributed by atoms with Gasteiger partial charge in [0, 0.05) is 42.3 Å². The largest absolute Gasteiger partial charge is 0.506 e. The molecule has 0 spiro atoms. The van der Waals surface area contributed by atoms with Crippen molar-refractivity contribution >= 4 is 22.8 Å². The van der Waals surface area contributed by atoms with E-state index < -0.39 is 18.2 Å². The van der Waals surface area contributed by atoms with Crippen LogP contribution in [0.2, 0.25) is 0 Å². The topological polar surface area (TPSA) is 150 Å². The number of ether oxygens (including phenoxy) is 2. The summed E-state index contributed by atoms with van der Waals surface area (Å²) in [4.78, 5) is 41.1. The summed E-state index contributed by atoms with van der Waals surface area (Å²) in [7, 11) is 0. The first-order chi connectivity index (χ1) is 27.8. The number of aliphatic hydroxyl groups is 1. The second-order valence-electron chi connectivity index (χ2n) is 15.5. The quantitative estimate of drug-likeness (QED) is 0.0371. The number of unbranched alkanes of at least 4 members (excludes halogenated alkanes) is 3. The number of aromatic hydroxyl groups is 1. The van der Waals surface area contributed by atoms with Crippen LogP contribution in [0.3, 0.4) is 0 Å². The van der Waals surface area contributed by atoms with E-state index in [-0.39, 0.29) is 23.2 Å². The zero-order valence-corrected chi connectivity index (χ0v) is 32.3. The highest BCUT2D eigenvalue weighted by Gasteiger charge is 2.48. The molecule has 5 aromatic rings. The number of quaternary nitrogens is 1. The number of fused-ring (bicyclic) bond motifs is 4. The van der Waals surface area contributed by atoms with Crippen LogP contribution in [0.5, 0.6) is 11.5 Å². The standard InChI is InChI=1S/C46H52N4O7/c51-39-20-18-37(38-19-21-43(54)48-45(38)39)40(52)29-47-24-9-1-2-10-27-56-36-17-11-16-35(28-36)44(34-14-7-4-8-15-34)49-46(55)57-42-31-50(25-22-33(42)23-26-50)30-41(53)32-12-5-3-6-13-32/h3-8,11-21,28,33,40,42,44,47,52H,1-2,9-10,22-27,29-31H2,(H2-,48,49,51,54,55)/p+1/t33?,40-,42+,44?,50?/m1/s1. The van der Waals surface area contributed by atoms with Gasteiger partial charge >= 0.3 is 6.09 Å². The third-order valence-electron chi connectivity index (χ3n) is 11.6. The van der Waals surface area contributed by atoms with Crippen LogP contribution < -0.4 is 20.9 Å². The highest BCUT2D eigenvalue weighted by atomic mass is 16.6. The number of aliphatic hydroxyl groups excluding tert-OH is 1. The van der Waals surface area contributed by atoms with E-state index in [1.54, 1.807) is 12.1 Å². The molecule has 3 aliphatic heterocycles. The van der Waals surface area contributed by atoms with Crippen LogP contribution in [0.15, 0.2) is 114 Å². The fraction of sp³-hybridized carbons (Fsp3) is 0.370. The van der Waals surface area contributed by atoms with Crippen LogP contribution in [0, 0.1) is 5.92 Å². The number of Topliss-reactive ketones (excluding diaryl/α,β-unsaturated/α-hetero) is 1. The number of nitrogens with one attached hydrogen (secondary N) is 3. The van der Waals surface area contributed by atoms with Gasteiger partial charge in [0.25, 0.3) is 0 Å². The number of phenols is 1. The molecule has 2 bridgehead atoms. The maximum Gasteiger partial charge on any atom is 0.408 e. The Hall–Kier alpha value is -5.49. The Labute approximate surface area is 333 Å². The summed E-state index contributed by atoms with van der Waals surface area (Å²) in [5, 5.41) is 28.0. The van der Waals surface area contributed by atoms with Crippen molar-refractivity contribution in [1.29, 1.82) is 0 Å². The number of benzene rings is 4. The molecule has 3 atom stereocenters. The molecular formula is C46H53N4O7+. The van der Waals surface area contributed by atoms with Gasteiger partial charge in [0.2, 0.25) is 11.3 Å². The third kappa shape index (κ3) is 10.1. The summed E-state index contributed by atoms with van der Waals surface area (Å²) in [5.74, 6) is 1.14. The van der Waals surface area contributed by atoms with E-state index in [0.717, 1.165) is 80.6 Å². The smallest absolute Gasteiger partial charge is 0.408 e. The molecule has 8 rings (SSSR count). The molecule has 4 aromatic carbocycles. The Kier molecular flexibility index (Phi) is 13.0. The number of piperidine rings is 3. The Morgan fingerprint density at radius 1 is 0.842 bits per heavy atom. The zero-order valence-electron chi connectivity index (χ0n) is 32.3. The minimum Gasteiger partial charge on any atom is -0.506 e. The number of phenolic OH excluding ortho intramolecular Hbond substituents is 1. The van der Waals surface area contributed by atoms with Crippen LogP contribution in [0.1, 0.15) is 77.7 Å². The van der Waals surface area contributed by atoms with Gasteiger partial charge in [-0.1, -0.05) is 91.7 Å². The van der Waals surface area contributed by atoms with Gasteiger partial charge in [-0.15, -0.1) is 0 Å². The van der Waals surface area contributed by atoms with Crippen LogP contribution >= 0.6 is 0 Å². The number of nitrogens with zero attached hydrogens (tertiary/aromatic N) is 1. The summed E-state index contributed by atoms with van der Waals surface area (Å²) in [6.45, 7) is 4.60. The number of alkyl carbamates (subject to hydrolysis) is 1. The van der Waals surface area contributed by atoms with E-state index in [9.17, 15) is 24.6 Å². The second kappa shape index (κ2) is 18.6. The molecule has 11 nitrogen and oxygen atoms in total. The number of hydrogen-bond donors (Lipinski definition) is 5. The Bertz CT molecular complexity index is 2170. The number of aromatic amines is 1. The first kappa shape index (κ1) is 39.7. The lowest BCUT2D eigenvalue weighted by Gasteiger charge is -2.51. The molecule has 11 heteroatoms. The molecule has 3 aliphatic rings. The number of H-pyrrole nitrogens is 1. The number of pyridine rings is 1. The highest BCUT2D eigenvalue weighted by Crippen LogP contribution is 2.36. The number of amides is 1. The number of hydrogen-bond acceptors (Lipinski definition) is 8. The van der Waals surface area contributed by atoms with Crippen molar-refractivity contribution in [2.24, 2.45) is 5.92 Å². The fourth-order valence-corrected chi connectivity index (χ4v) is 8.47. The van der Waals surface area contributed by atoms with Crippen molar-refractivity contribution < 1.29 is 33.8 Å². The van der Waals surface area contributed by atoms with Gasteiger partial charge in [0.1, 0.15) is 24.6 Å². The lowest BCUT2D eigenvalue weighted by molar-refractivity contribution is -0.938. The SMILES string of the molecule is O=C(NC(c1ccccc1)c1cccc(OCCCCCCNC[C@@H](O)c2ccc(O)c3[nH]c(=O)ccc23)c1)O[C@H]1C[N+]2(CC(=O)c3ccccc3)CCC1CC2. The Balaban J connectivity index is 0.865. The van der Waals surface area contributed by atoms with Crippen molar-refractivity contribution in [1.82, 2.24) is 15.6 Å². The van der Waals surface area contributed by atoms with Crippen molar-refractivity contribution in [3.05, 3.63) is 142 Å². The maximum atomic E-state index is 13.6. The number of aromatic nitrogens is 1. The minimum atomic E-state index is -0.784. The number of carbonyl (C=O) groups excluding carboxylic acids is 2. The van der Waals surface area contributed by atoms with Crippen LogP contribution in [-0.2, 0) is 4.74 Å². The van der Waals surface area contributed by atoms with Gasteiger partial charge in [-0.2, -0.15) is 0 Å². The first-order valence-electron chi connectivity index (χ1n) is 20.2. The molecule has 0 saturated carbocycles. The summed E-state index contributed by atoms with van der Waals surface area (Å²) in [6, 6.07) is 32.9. The van der Waals surface area contributed by atoms with Crippen molar-refractivity contribution in [2.75, 3.05) is 45.9 Å². The zero-order chi connectivity index (χ0) is 39.6. The number of rotatable bonds is 18. The lowest BCUT2D eigenvalue weighted by Crippen LogP contribution is -2.66. The summed E-state index contributed by atoms with van der Waals surface area (Å²) < 4.78 is 13.0. The predicted octanol–water partition coefficient (Wildman–Crippen LogP) is 6.80. The van der Waals surface area contributed by atoms with Crippen molar-refractivity contribution in [3.8, 4) is 11.5 Å². The van der Waals surface area contributed by atoms with E-state index in [2.05, 4.69) is 15.6 Å². The molecule has 3 fully saturated rings. The fourth-order valence-electron chi connectivity index (χ4n) is 8.47. The molecule has 1 aromatic heterocycles. The van der Waals surface area contributed by atoms with Crippen LogP contribution in [0.25, 0.3) is 10.9 Å². The van der Waals surface area contributed by atoms with Crippen molar-refractivity contribution in [3.63, 3.8) is 0 Å². The molecule has 1 amide bonds. The summed E-state index contributed by atoms with van der Waals surface area (Å²) in [6.07, 6.45) is 4.21. The lowest BCUT2D eigenvalue weighted by atomic mass is 9.83. The van der Waals surface area contributed by atoms with Gasteiger partial charge < -0.3 is 39.8 Å². The van der Waals surface area contributed by atoms with Crippen LogP contribution in [-0.4, -0.2) is 83.5 Å². The molecule has 4 heterocycles. The second-order valence-corrected chi connectivity index (χ2v) is 15.5. The molecule has 0 radical (unpaired) electrons. The van der Waals surface area contributed by atoms with Gasteiger partial charge in [0.05, 0.1) is 37.4 Å². The van der Waals surface area contributed by atoms with Gasteiger partial charge in [-0.25, -0.2) is 4.79 Å². The van der Waals surface area contributed by atoms with Crippen molar-refractivity contribution in [2.45, 2.75) is 56.8 Å². The molecule has 57 heavy (non-hydrogen) atoms. The van der Waals surface area contributed by atoms with E-state index in [1.807, 2.05) is 84.9 Å². The molecule has 298 valence electrons. The normalized spacial score (nSPS) is 19.8. The van der Waals surface area contributed by atoms with Gasteiger partial charge in [0.15, 0.2) is 6.10 Å². The molecule has 3 saturated heterocycles. The molecular weight excluding hydrogens is 721 g/mol. The summed E-state index contributed by atoms with van der Waals surface area (Å²) >= 11 is 0. The van der Waals surface area contributed by atoms with E-state index in [0.29, 0.717) is 53.1 Å². The molecule has 1 unspecified atom stereocenters. The monoisotopic (exact) mass is 773 g/mol. The minimum absolute atomic E-state index is 0.0283. The molecule has 5 N–H and O–H groups in total. The average Bonchev–Trinajstić information content (AvgIpc) is 3.23. The van der Waals surface area contributed by atoms with Gasteiger partial charge in [-0.3, -0.25) is 9.59 Å². The van der Waals surface area contributed by atoms with E-state index in [4.69, 9.17) is 9.47 Å². The van der Waals surface area contributed by atoms with Gasteiger partial charge in [-0.05, 0) is 60.3 Å². The average molecular weight is 774 g/mol. The first-order valence-corrected chi connectivity index (χ1v) is 20.2. The van der Waals surface area contributed by atoms with Crippen LogP contribution in [0.4, 0.5) is 4.79 Å². The van der Waals surface area contributed by atoms with E-state index >= 15 is 0 Å². The Morgan fingerprint density at radius 3 is 2.37 bits per heavy atom. The highest BCUT2D eigenvalue weighted by molar-refractivity contribution is 5.97. The number of carbonyl (C=O) groups is 2. The summed E-state index contributed by atoms with van der Waals surface area (Å²) in [5.41, 5.74) is 3.22. The number of ketones is 1. The van der Waals surface area contributed by atoms with E-state index in [1.165, 1.54) is 12.1 Å². The molecule has 0 aliphatic carbocycles.